The molecule has 0 radical (unpaired) electrons. The highest BCUT2D eigenvalue weighted by atomic mass is 19.4. The van der Waals surface area contributed by atoms with Crippen molar-refractivity contribution < 1.29 is 18.1 Å². The van der Waals surface area contributed by atoms with E-state index in [0.717, 1.165) is 4.68 Å². The lowest BCUT2D eigenvalue weighted by Gasteiger charge is -2.08. The van der Waals surface area contributed by atoms with Crippen LogP contribution in [0.3, 0.4) is 0 Å². The lowest BCUT2D eigenvalue weighted by atomic mass is 10.2. The number of halogens is 3. The summed E-state index contributed by atoms with van der Waals surface area (Å²) in [5.41, 5.74) is -0.196. The van der Waals surface area contributed by atoms with E-state index in [4.69, 9.17) is 0 Å². The maximum Gasteiger partial charge on any atom is 0.405 e. The zero-order valence-electron chi connectivity index (χ0n) is 9.91. The van der Waals surface area contributed by atoms with Gasteiger partial charge in [0.2, 0.25) is 5.82 Å². The zero-order chi connectivity index (χ0) is 13.9. The van der Waals surface area contributed by atoms with Crippen LogP contribution in [-0.2, 0) is 13.5 Å². The molecule has 0 aromatic carbocycles. The number of nitrogens with one attached hydrogen (secondary N) is 1. The van der Waals surface area contributed by atoms with E-state index in [-0.39, 0.29) is 17.2 Å². The Hall–Kier alpha value is -1.80. The molecule has 9 heteroatoms. The van der Waals surface area contributed by atoms with Crippen LogP contribution in [0.25, 0.3) is 0 Å². The molecule has 1 heterocycles. The molecule has 0 aliphatic carbocycles. The van der Waals surface area contributed by atoms with Crippen molar-refractivity contribution in [3.63, 3.8) is 0 Å². The van der Waals surface area contributed by atoms with Gasteiger partial charge in [-0.25, -0.2) is 4.68 Å². The second-order valence-corrected chi connectivity index (χ2v) is 3.74. The molecular formula is C9H13F3N4O2. The monoisotopic (exact) mass is 266 g/mol. The molecule has 0 amide bonds. The first-order valence-corrected chi connectivity index (χ1v) is 5.27. The molecule has 1 aromatic rings. The highest BCUT2D eigenvalue weighted by molar-refractivity contribution is 5.59. The summed E-state index contributed by atoms with van der Waals surface area (Å²) < 4.78 is 37.4. The van der Waals surface area contributed by atoms with Gasteiger partial charge in [0.1, 0.15) is 12.2 Å². The van der Waals surface area contributed by atoms with Crippen LogP contribution in [0.4, 0.5) is 24.7 Å². The third-order valence-corrected chi connectivity index (χ3v) is 2.22. The topological polar surface area (TPSA) is 73.0 Å². The van der Waals surface area contributed by atoms with Crippen LogP contribution in [0.1, 0.15) is 19.0 Å². The SMILES string of the molecule is CCCc1nn(C)c(NCC(F)(F)F)c1[N+](=O)[O-]. The number of anilines is 1. The van der Waals surface area contributed by atoms with Crippen LogP contribution in [0.5, 0.6) is 0 Å². The molecule has 1 rings (SSSR count). The summed E-state index contributed by atoms with van der Waals surface area (Å²) in [6, 6.07) is 0. The number of hydrogen-bond donors (Lipinski definition) is 1. The number of aromatic nitrogens is 2. The molecule has 102 valence electrons. The second kappa shape index (κ2) is 5.23. The number of rotatable bonds is 5. The molecule has 18 heavy (non-hydrogen) atoms. The maximum atomic E-state index is 12.1. The van der Waals surface area contributed by atoms with Crippen molar-refractivity contribution in [2.45, 2.75) is 25.9 Å². The average molecular weight is 266 g/mol. The van der Waals surface area contributed by atoms with Crippen molar-refractivity contribution in [1.82, 2.24) is 9.78 Å². The van der Waals surface area contributed by atoms with Crippen molar-refractivity contribution in [3.8, 4) is 0 Å². The lowest BCUT2D eigenvalue weighted by Crippen LogP contribution is -2.22. The van der Waals surface area contributed by atoms with Gasteiger partial charge >= 0.3 is 11.9 Å². The minimum absolute atomic E-state index is 0.190. The smallest absolute Gasteiger partial charge is 0.356 e. The van der Waals surface area contributed by atoms with E-state index in [0.29, 0.717) is 12.8 Å². The van der Waals surface area contributed by atoms with Crippen LogP contribution in [0.15, 0.2) is 0 Å². The van der Waals surface area contributed by atoms with Crippen LogP contribution in [-0.4, -0.2) is 27.4 Å². The van der Waals surface area contributed by atoms with Gasteiger partial charge in [0, 0.05) is 7.05 Å². The van der Waals surface area contributed by atoms with E-state index in [2.05, 4.69) is 5.10 Å². The van der Waals surface area contributed by atoms with Crippen molar-refractivity contribution in [3.05, 3.63) is 15.8 Å². The first kappa shape index (κ1) is 14.3. The summed E-state index contributed by atoms with van der Waals surface area (Å²) in [7, 11) is 1.37. The van der Waals surface area contributed by atoms with E-state index < -0.39 is 17.6 Å². The largest absolute Gasteiger partial charge is 0.405 e. The Morgan fingerprint density at radius 3 is 2.56 bits per heavy atom. The fourth-order valence-electron chi connectivity index (χ4n) is 1.55. The normalized spacial score (nSPS) is 11.6. The Morgan fingerprint density at radius 1 is 1.50 bits per heavy atom. The van der Waals surface area contributed by atoms with Crippen molar-refractivity contribution in [2.75, 3.05) is 11.9 Å². The molecular weight excluding hydrogens is 253 g/mol. The molecule has 0 spiro atoms. The maximum absolute atomic E-state index is 12.1. The predicted octanol–water partition coefficient (Wildman–Crippen LogP) is 2.25. The van der Waals surface area contributed by atoms with Crippen molar-refractivity contribution in [1.29, 1.82) is 0 Å². The Balaban J connectivity index is 3.05. The first-order chi connectivity index (χ1) is 8.26. The minimum atomic E-state index is -4.44. The van der Waals surface area contributed by atoms with Crippen molar-refractivity contribution >= 4 is 11.5 Å². The Labute approximate surface area is 101 Å². The van der Waals surface area contributed by atoms with Gasteiger partial charge in [0.15, 0.2) is 0 Å². The van der Waals surface area contributed by atoms with Crippen molar-refractivity contribution in [2.24, 2.45) is 7.05 Å². The number of nitrogens with zero attached hydrogens (tertiary/aromatic N) is 3. The van der Waals surface area contributed by atoms with E-state index >= 15 is 0 Å². The highest BCUT2D eigenvalue weighted by Crippen LogP contribution is 2.29. The Morgan fingerprint density at radius 2 is 2.11 bits per heavy atom. The molecule has 0 unspecified atom stereocenters. The number of hydrogen-bond acceptors (Lipinski definition) is 4. The van der Waals surface area contributed by atoms with Gasteiger partial charge in [-0.1, -0.05) is 13.3 Å². The molecule has 0 aliphatic rings. The molecule has 1 N–H and O–H groups in total. The predicted molar refractivity (Wildman–Crippen MR) is 58.4 cm³/mol. The van der Waals surface area contributed by atoms with Gasteiger partial charge in [0.05, 0.1) is 4.92 Å². The average Bonchev–Trinajstić information content (AvgIpc) is 2.51. The lowest BCUT2D eigenvalue weighted by molar-refractivity contribution is -0.384. The summed E-state index contributed by atoms with van der Waals surface area (Å²) in [4.78, 5) is 10.2. The number of alkyl halides is 3. The Kier molecular flexibility index (Phi) is 4.15. The Bertz CT molecular complexity index is 442. The van der Waals surface area contributed by atoms with Gasteiger partial charge < -0.3 is 5.32 Å². The zero-order valence-corrected chi connectivity index (χ0v) is 9.91. The summed E-state index contributed by atoms with van der Waals surface area (Å²) in [5, 5.41) is 16.8. The number of nitro groups is 1. The van der Waals surface area contributed by atoms with E-state index in [9.17, 15) is 23.3 Å². The summed E-state index contributed by atoms with van der Waals surface area (Å²) in [6.07, 6.45) is -3.47. The third kappa shape index (κ3) is 3.34. The van der Waals surface area contributed by atoms with Gasteiger partial charge in [0.25, 0.3) is 0 Å². The van der Waals surface area contributed by atoms with E-state index in [1.165, 1.54) is 7.05 Å². The highest BCUT2D eigenvalue weighted by Gasteiger charge is 2.31. The first-order valence-electron chi connectivity index (χ1n) is 5.27. The van der Waals surface area contributed by atoms with Crippen LogP contribution in [0, 0.1) is 10.1 Å². The molecule has 0 aliphatic heterocycles. The summed E-state index contributed by atoms with van der Waals surface area (Å²) >= 11 is 0. The summed E-state index contributed by atoms with van der Waals surface area (Å²) in [5.74, 6) is -0.222. The third-order valence-electron chi connectivity index (χ3n) is 2.22. The summed E-state index contributed by atoms with van der Waals surface area (Å²) in [6.45, 7) is 0.472. The molecule has 1 aromatic heterocycles. The van der Waals surface area contributed by atoms with Crippen LogP contribution in [0.2, 0.25) is 0 Å². The van der Waals surface area contributed by atoms with Gasteiger partial charge in [-0.15, -0.1) is 0 Å². The molecule has 0 saturated heterocycles. The quantitative estimate of drug-likeness (QED) is 0.655. The fraction of sp³-hybridized carbons (Fsp3) is 0.667. The van der Waals surface area contributed by atoms with Crippen LogP contribution >= 0.6 is 0 Å². The van der Waals surface area contributed by atoms with Gasteiger partial charge in [-0.05, 0) is 6.42 Å². The van der Waals surface area contributed by atoms with Gasteiger partial charge in [-0.2, -0.15) is 18.3 Å². The van der Waals surface area contributed by atoms with Gasteiger partial charge in [-0.3, -0.25) is 10.1 Å². The number of aryl methyl sites for hydroxylation is 2. The molecule has 0 fully saturated rings. The molecule has 0 saturated carbocycles. The van der Waals surface area contributed by atoms with E-state index in [1.54, 1.807) is 6.92 Å². The second-order valence-electron chi connectivity index (χ2n) is 3.74. The minimum Gasteiger partial charge on any atom is -0.356 e. The fourth-order valence-corrected chi connectivity index (χ4v) is 1.55. The van der Waals surface area contributed by atoms with E-state index in [1.807, 2.05) is 5.32 Å². The molecule has 6 nitrogen and oxygen atoms in total. The molecule has 0 bridgehead atoms. The molecule has 0 atom stereocenters. The van der Waals surface area contributed by atoms with Crippen LogP contribution < -0.4 is 5.32 Å². The standard InChI is InChI=1S/C9H13F3N4O2/c1-3-4-6-7(16(17)18)8(15(2)14-6)13-5-9(10,11)12/h13H,3-5H2,1-2H3.